The van der Waals surface area contributed by atoms with E-state index in [2.05, 4.69) is 10.6 Å². The molecule has 3 atom stereocenters. The van der Waals surface area contributed by atoms with Crippen LogP contribution in [-0.2, 0) is 11.2 Å². The Balaban J connectivity index is 1.42. The largest absolute Gasteiger partial charge is 0.390 e. The second-order valence-corrected chi connectivity index (χ2v) is 7.82. The van der Waals surface area contributed by atoms with Crippen molar-refractivity contribution in [1.29, 1.82) is 0 Å². The Bertz CT molecular complexity index is 1080. The Labute approximate surface area is 174 Å². The molecule has 0 aromatic heterocycles. The standard InChI is InChI=1S/C23H20ClN3O2/c24-16-8-5-7-15(12-16)20-18-10-3-4-11-27(18)22(25-20)23(29)26-21-17-9-2-1-6-14(17)13-19(21)28/h1-12,19,21-22,25,28H,13H2,(H,26,29)/t19-,21+,22?/m0/s1. The molecule has 0 saturated heterocycles. The number of fused-ring (bicyclic) bond motifs is 2. The van der Waals surface area contributed by atoms with Crippen molar-refractivity contribution in [1.82, 2.24) is 15.5 Å². The van der Waals surface area contributed by atoms with E-state index in [4.69, 9.17) is 11.6 Å². The van der Waals surface area contributed by atoms with E-state index in [0.29, 0.717) is 11.4 Å². The van der Waals surface area contributed by atoms with Gasteiger partial charge in [-0.3, -0.25) is 4.79 Å². The van der Waals surface area contributed by atoms with Crippen LogP contribution in [-0.4, -0.2) is 28.2 Å². The lowest BCUT2D eigenvalue weighted by Crippen LogP contribution is -2.50. The van der Waals surface area contributed by atoms with E-state index < -0.39 is 18.3 Å². The zero-order valence-electron chi connectivity index (χ0n) is 15.5. The molecular weight excluding hydrogens is 386 g/mol. The molecule has 2 heterocycles. The number of amides is 1. The second kappa shape index (κ2) is 7.10. The first-order valence-electron chi connectivity index (χ1n) is 9.58. The number of hydrogen-bond donors (Lipinski definition) is 3. The lowest BCUT2D eigenvalue weighted by atomic mass is 10.1. The number of halogens is 1. The molecule has 1 unspecified atom stereocenters. The summed E-state index contributed by atoms with van der Waals surface area (Å²) in [5.41, 5.74) is 4.72. The minimum absolute atomic E-state index is 0.194. The average Bonchev–Trinajstić information content (AvgIpc) is 3.26. The van der Waals surface area contributed by atoms with Crippen molar-refractivity contribution in [3.63, 3.8) is 0 Å². The van der Waals surface area contributed by atoms with Crippen LogP contribution in [0.4, 0.5) is 0 Å². The molecule has 3 N–H and O–H groups in total. The first-order valence-corrected chi connectivity index (χ1v) is 9.96. The van der Waals surface area contributed by atoms with E-state index in [1.54, 1.807) is 0 Å². The topological polar surface area (TPSA) is 64.6 Å². The predicted octanol–water partition coefficient (Wildman–Crippen LogP) is 3.10. The summed E-state index contributed by atoms with van der Waals surface area (Å²) in [6, 6.07) is 15.0. The molecule has 0 spiro atoms. The van der Waals surface area contributed by atoms with Crippen molar-refractivity contribution < 1.29 is 9.90 Å². The van der Waals surface area contributed by atoms with Gasteiger partial charge in [-0.15, -0.1) is 0 Å². The number of carbonyl (C=O) groups excluding carboxylic acids is 1. The highest BCUT2D eigenvalue weighted by Gasteiger charge is 2.39. The van der Waals surface area contributed by atoms with E-state index >= 15 is 0 Å². The minimum atomic E-state index is -0.630. The normalized spacial score (nSPS) is 24.3. The van der Waals surface area contributed by atoms with Crippen LogP contribution < -0.4 is 10.6 Å². The van der Waals surface area contributed by atoms with Crippen molar-refractivity contribution in [2.24, 2.45) is 0 Å². The zero-order chi connectivity index (χ0) is 20.0. The fourth-order valence-electron chi connectivity index (χ4n) is 4.22. The number of nitrogens with one attached hydrogen (secondary N) is 2. The van der Waals surface area contributed by atoms with Gasteiger partial charge in [0.1, 0.15) is 0 Å². The van der Waals surface area contributed by atoms with Gasteiger partial charge in [0.2, 0.25) is 0 Å². The maximum atomic E-state index is 13.2. The van der Waals surface area contributed by atoms with Crippen LogP contribution in [0.2, 0.25) is 5.02 Å². The monoisotopic (exact) mass is 405 g/mol. The summed E-state index contributed by atoms with van der Waals surface area (Å²) in [7, 11) is 0. The van der Waals surface area contributed by atoms with E-state index in [0.717, 1.165) is 28.1 Å². The van der Waals surface area contributed by atoms with Crippen molar-refractivity contribution in [3.8, 4) is 0 Å². The highest BCUT2D eigenvalue weighted by molar-refractivity contribution is 6.30. The SMILES string of the molecule is O=C(N[C@@H]1c2ccccc2C[C@@H]1O)C1NC(c2cccc(Cl)c2)=C2C=CC=CN21. The van der Waals surface area contributed by atoms with Gasteiger partial charge in [-0.1, -0.05) is 54.1 Å². The summed E-state index contributed by atoms with van der Waals surface area (Å²) in [5, 5.41) is 17.5. The van der Waals surface area contributed by atoms with Gasteiger partial charge in [0.15, 0.2) is 6.17 Å². The second-order valence-electron chi connectivity index (χ2n) is 7.38. The first-order chi connectivity index (χ1) is 14.1. The molecule has 5 nitrogen and oxygen atoms in total. The fraction of sp³-hybridized carbons (Fsp3) is 0.174. The number of rotatable bonds is 3. The highest BCUT2D eigenvalue weighted by Crippen LogP contribution is 2.34. The van der Waals surface area contributed by atoms with Crippen molar-refractivity contribution in [2.45, 2.75) is 24.7 Å². The van der Waals surface area contributed by atoms with Crippen LogP contribution in [0, 0.1) is 0 Å². The molecule has 0 saturated carbocycles. The smallest absolute Gasteiger partial charge is 0.264 e. The molecule has 1 aliphatic carbocycles. The van der Waals surface area contributed by atoms with Crippen molar-refractivity contribution in [2.75, 3.05) is 0 Å². The Kier molecular flexibility index (Phi) is 4.42. The average molecular weight is 406 g/mol. The summed E-state index contributed by atoms with van der Waals surface area (Å²) in [5.74, 6) is -0.194. The molecule has 146 valence electrons. The van der Waals surface area contributed by atoms with Crippen LogP contribution in [0.3, 0.4) is 0 Å². The Hall–Kier alpha value is -3.02. The van der Waals surface area contributed by atoms with Gasteiger partial charge in [-0.05, 0) is 35.4 Å². The number of aliphatic hydroxyl groups excluding tert-OH is 1. The van der Waals surface area contributed by atoms with Crippen LogP contribution in [0.15, 0.2) is 78.7 Å². The summed E-state index contributed by atoms with van der Waals surface area (Å²) in [4.78, 5) is 15.1. The summed E-state index contributed by atoms with van der Waals surface area (Å²) in [6.45, 7) is 0. The molecule has 2 aromatic rings. The third-order valence-corrected chi connectivity index (χ3v) is 5.80. The van der Waals surface area contributed by atoms with Crippen molar-refractivity contribution >= 4 is 23.2 Å². The maximum absolute atomic E-state index is 13.2. The van der Waals surface area contributed by atoms with E-state index in [9.17, 15) is 9.90 Å². The highest BCUT2D eigenvalue weighted by atomic mass is 35.5. The lowest BCUT2D eigenvalue weighted by molar-refractivity contribution is -0.126. The molecule has 5 rings (SSSR count). The van der Waals surface area contributed by atoms with Gasteiger partial charge in [0, 0.05) is 23.2 Å². The summed E-state index contributed by atoms with van der Waals surface area (Å²) >= 11 is 6.17. The molecule has 6 heteroatoms. The number of nitrogens with zero attached hydrogens (tertiary/aromatic N) is 1. The van der Waals surface area contributed by atoms with Crippen LogP contribution in [0.1, 0.15) is 22.7 Å². The van der Waals surface area contributed by atoms with Crippen LogP contribution in [0.25, 0.3) is 5.70 Å². The molecule has 0 bridgehead atoms. The molecule has 0 fully saturated rings. The molecule has 3 aliphatic rings. The third kappa shape index (κ3) is 3.12. The van der Waals surface area contributed by atoms with Crippen LogP contribution in [0.5, 0.6) is 0 Å². The van der Waals surface area contributed by atoms with E-state index in [1.165, 1.54) is 0 Å². The fourth-order valence-corrected chi connectivity index (χ4v) is 4.41. The number of aliphatic hydroxyl groups is 1. The Morgan fingerprint density at radius 1 is 1.17 bits per heavy atom. The number of allylic oxidation sites excluding steroid dienone is 3. The Morgan fingerprint density at radius 2 is 2.03 bits per heavy atom. The summed E-state index contributed by atoms with van der Waals surface area (Å²) < 4.78 is 0. The number of hydrogen-bond acceptors (Lipinski definition) is 4. The van der Waals surface area contributed by atoms with Gasteiger partial charge in [0.25, 0.3) is 5.91 Å². The molecule has 2 aliphatic heterocycles. The Morgan fingerprint density at radius 3 is 2.90 bits per heavy atom. The summed E-state index contributed by atoms with van der Waals surface area (Å²) in [6.07, 6.45) is 6.98. The van der Waals surface area contributed by atoms with Gasteiger partial charge in [-0.2, -0.15) is 0 Å². The van der Waals surface area contributed by atoms with Gasteiger partial charge >= 0.3 is 0 Å². The van der Waals surface area contributed by atoms with Gasteiger partial charge in [0.05, 0.1) is 23.5 Å². The van der Waals surface area contributed by atoms with Gasteiger partial charge in [-0.25, -0.2) is 0 Å². The first kappa shape index (κ1) is 18.0. The van der Waals surface area contributed by atoms with E-state index in [-0.39, 0.29) is 5.91 Å². The van der Waals surface area contributed by atoms with Gasteiger partial charge < -0.3 is 20.6 Å². The zero-order valence-corrected chi connectivity index (χ0v) is 16.3. The molecule has 2 aromatic carbocycles. The third-order valence-electron chi connectivity index (χ3n) is 5.57. The minimum Gasteiger partial charge on any atom is -0.390 e. The molecule has 0 radical (unpaired) electrons. The van der Waals surface area contributed by atoms with E-state index in [1.807, 2.05) is 77.9 Å². The van der Waals surface area contributed by atoms with Crippen LogP contribution >= 0.6 is 11.6 Å². The molecular formula is C23H20ClN3O2. The quantitative estimate of drug-likeness (QED) is 0.734. The lowest BCUT2D eigenvalue weighted by Gasteiger charge is -2.27. The number of benzene rings is 2. The van der Waals surface area contributed by atoms with Crippen molar-refractivity contribution in [3.05, 3.63) is 100 Å². The number of carbonyl (C=O) groups is 1. The molecule has 29 heavy (non-hydrogen) atoms. The predicted molar refractivity (Wildman–Crippen MR) is 112 cm³/mol. The molecule has 1 amide bonds. The maximum Gasteiger partial charge on any atom is 0.264 e.